The summed E-state index contributed by atoms with van der Waals surface area (Å²) < 4.78 is 0. The first-order chi connectivity index (χ1) is 16.9. The van der Waals surface area contributed by atoms with Crippen LogP contribution in [0.25, 0.3) is 0 Å². The van der Waals surface area contributed by atoms with Crippen molar-refractivity contribution >= 4 is 23.7 Å². The molecule has 0 aliphatic carbocycles. The number of hydrogen-bond acceptors (Lipinski definition) is 4. The van der Waals surface area contributed by atoms with Crippen molar-refractivity contribution in [3.05, 3.63) is 89.5 Å². The molecule has 0 bridgehead atoms. The molecule has 35 heavy (non-hydrogen) atoms. The monoisotopic (exact) mass is 496 g/mol. The van der Waals surface area contributed by atoms with Gasteiger partial charge >= 0.3 is 11.9 Å². The third kappa shape index (κ3) is 10.1. The van der Waals surface area contributed by atoms with Crippen molar-refractivity contribution in [3.8, 4) is 0 Å². The highest BCUT2D eigenvalue weighted by atomic mass is 32.2. The van der Waals surface area contributed by atoms with Crippen LogP contribution in [0, 0.1) is 0 Å². The van der Waals surface area contributed by atoms with Crippen LogP contribution in [0.2, 0.25) is 0 Å². The van der Waals surface area contributed by atoms with E-state index in [-0.39, 0.29) is 11.1 Å². The maximum absolute atomic E-state index is 11.7. The second-order valence-corrected chi connectivity index (χ2v) is 9.70. The van der Waals surface area contributed by atoms with Crippen LogP contribution in [0.4, 0.5) is 0 Å². The molecule has 3 N–H and O–H groups in total. The van der Waals surface area contributed by atoms with E-state index in [1.165, 1.54) is 68.5 Å². The molecule has 2 rings (SSSR count). The van der Waals surface area contributed by atoms with Crippen molar-refractivity contribution < 1.29 is 24.9 Å². The molecule has 0 radical (unpaired) electrons. The van der Waals surface area contributed by atoms with Gasteiger partial charge in [0.2, 0.25) is 0 Å². The van der Waals surface area contributed by atoms with Gasteiger partial charge in [-0.25, -0.2) is 9.59 Å². The van der Waals surface area contributed by atoms with Crippen LogP contribution in [-0.4, -0.2) is 32.5 Å². The number of benzene rings is 2. The Kier molecular flexibility index (Phi) is 12.9. The Hall–Kier alpha value is -2.83. The second kappa shape index (κ2) is 16.0. The number of carboxylic acids is 2. The molecule has 2 unspecified atom stereocenters. The fraction of sp³-hybridized carbons (Fsp3) is 0.379. The maximum Gasteiger partial charge on any atom is 0.336 e. The molecule has 0 saturated heterocycles. The van der Waals surface area contributed by atoms with Gasteiger partial charge in [0.05, 0.1) is 22.5 Å². The molecule has 0 aliphatic heterocycles. The van der Waals surface area contributed by atoms with E-state index in [0.29, 0.717) is 10.5 Å². The van der Waals surface area contributed by atoms with Crippen LogP contribution in [0.1, 0.15) is 90.7 Å². The van der Waals surface area contributed by atoms with Crippen LogP contribution in [-0.2, 0) is 0 Å². The number of aromatic carboxylic acids is 2. The molecule has 0 spiro atoms. The van der Waals surface area contributed by atoms with E-state index >= 15 is 0 Å². The average molecular weight is 497 g/mol. The highest BCUT2D eigenvalue weighted by molar-refractivity contribution is 8.00. The number of rotatable bonds is 16. The van der Waals surface area contributed by atoms with E-state index in [0.717, 1.165) is 12.8 Å². The van der Waals surface area contributed by atoms with Gasteiger partial charge in [-0.05, 0) is 42.7 Å². The molecule has 0 fully saturated rings. The van der Waals surface area contributed by atoms with Crippen molar-refractivity contribution in [2.45, 2.75) is 74.5 Å². The molecular formula is C29H36O5S. The predicted molar refractivity (Wildman–Crippen MR) is 142 cm³/mol. The number of thioether (sulfide) groups is 1. The largest absolute Gasteiger partial charge is 0.478 e. The van der Waals surface area contributed by atoms with Crippen LogP contribution in [0.5, 0.6) is 0 Å². The highest BCUT2D eigenvalue weighted by Crippen LogP contribution is 2.35. The smallest absolute Gasteiger partial charge is 0.336 e. The molecule has 0 aliphatic rings. The zero-order valence-electron chi connectivity index (χ0n) is 20.3. The van der Waals surface area contributed by atoms with Crippen molar-refractivity contribution in [3.63, 3.8) is 0 Å². The molecule has 0 saturated carbocycles. The molecule has 0 amide bonds. The van der Waals surface area contributed by atoms with Gasteiger partial charge in [-0.1, -0.05) is 94.0 Å². The Balaban J connectivity index is 2.09. The Morgan fingerprint density at radius 3 is 2.31 bits per heavy atom. The first-order valence-corrected chi connectivity index (χ1v) is 13.2. The quantitative estimate of drug-likeness (QED) is 0.126. The van der Waals surface area contributed by atoms with Gasteiger partial charge < -0.3 is 15.3 Å². The number of carboxylic acid groups (broad SMARTS) is 2. The lowest BCUT2D eigenvalue weighted by molar-refractivity contribution is 0.0683. The lowest BCUT2D eigenvalue weighted by Gasteiger charge is -2.21. The Morgan fingerprint density at radius 2 is 1.60 bits per heavy atom. The highest BCUT2D eigenvalue weighted by Gasteiger charge is 2.23. The summed E-state index contributed by atoms with van der Waals surface area (Å²) in [4.78, 5) is 23.6. The van der Waals surface area contributed by atoms with Crippen molar-refractivity contribution in [2.75, 3.05) is 0 Å². The molecule has 0 aromatic heterocycles. The number of allylic oxidation sites excluding steroid dienone is 3. The minimum atomic E-state index is -1.07. The van der Waals surface area contributed by atoms with Gasteiger partial charge in [0, 0.05) is 4.90 Å². The SMILES string of the molecule is CCCCCCCCC/C=C\C=C\C(Sc1ccccc1C(=O)O)C(O)c1cccc(C(=O)O)c1. The van der Waals surface area contributed by atoms with Gasteiger partial charge in [-0.15, -0.1) is 11.8 Å². The zero-order valence-corrected chi connectivity index (χ0v) is 21.1. The van der Waals surface area contributed by atoms with E-state index in [9.17, 15) is 24.9 Å². The van der Waals surface area contributed by atoms with Gasteiger partial charge in [-0.2, -0.15) is 0 Å². The number of aliphatic hydroxyl groups is 1. The summed E-state index contributed by atoms with van der Waals surface area (Å²) in [7, 11) is 0. The van der Waals surface area contributed by atoms with E-state index < -0.39 is 23.3 Å². The summed E-state index contributed by atoms with van der Waals surface area (Å²) in [6, 6.07) is 12.9. The maximum atomic E-state index is 11.7. The third-order valence-electron chi connectivity index (χ3n) is 5.69. The van der Waals surface area contributed by atoms with E-state index in [2.05, 4.69) is 13.0 Å². The van der Waals surface area contributed by atoms with Crippen molar-refractivity contribution in [1.29, 1.82) is 0 Å². The standard InChI is InChI=1S/C29H36O5S/c1-2-3-4-5-6-7-8-9-10-11-12-20-26(35-25-19-14-13-18-24(25)29(33)34)27(30)22-16-15-17-23(21-22)28(31)32/h10-21,26-27,30H,2-9H2,1H3,(H,31,32)(H,33,34)/b11-10-,20-12+. The van der Waals surface area contributed by atoms with Crippen LogP contribution in [0.15, 0.2) is 77.7 Å². The van der Waals surface area contributed by atoms with Crippen LogP contribution in [0.3, 0.4) is 0 Å². The number of carbonyl (C=O) groups is 2. The first kappa shape index (κ1) is 28.4. The Labute approximate surface area is 212 Å². The number of hydrogen-bond donors (Lipinski definition) is 3. The van der Waals surface area contributed by atoms with Gasteiger partial charge in [0.15, 0.2) is 0 Å². The topological polar surface area (TPSA) is 94.8 Å². The van der Waals surface area contributed by atoms with Crippen LogP contribution >= 0.6 is 11.8 Å². The minimum Gasteiger partial charge on any atom is -0.478 e. The van der Waals surface area contributed by atoms with E-state index in [4.69, 9.17) is 0 Å². The third-order valence-corrected chi connectivity index (χ3v) is 6.99. The number of unbranched alkanes of at least 4 members (excludes halogenated alkanes) is 7. The normalized spacial score (nSPS) is 13.3. The lowest BCUT2D eigenvalue weighted by atomic mass is 10.0. The fourth-order valence-electron chi connectivity index (χ4n) is 3.71. The first-order valence-electron chi connectivity index (χ1n) is 12.3. The summed E-state index contributed by atoms with van der Waals surface area (Å²) in [5.41, 5.74) is 0.721. The minimum absolute atomic E-state index is 0.0924. The summed E-state index contributed by atoms with van der Waals surface area (Å²) in [6.45, 7) is 2.22. The van der Waals surface area contributed by atoms with E-state index in [1.54, 1.807) is 30.3 Å². The molecule has 5 nitrogen and oxygen atoms in total. The van der Waals surface area contributed by atoms with Gasteiger partial charge in [0.25, 0.3) is 0 Å². The summed E-state index contributed by atoms with van der Waals surface area (Å²) >= 11 is 1.24. The zero-order chi connectivity index (χ0) is 25.5. The van der Waals surface area contributed by atoms with Crippen molar-refractivity contribution in [2.24, 2.45) is 0 Å². The fourth-order valence-corrected chi connectivity index (χ4v) is 4.90. The molecule has 0 heterocycles. The number of aliphatic hydroxyl groups excluding tert-OH is 1. The van der Waals surface area contributed by atoms with E-state index in [1.807, 2.05) is 18.2 Å². The molecular weight excluding hydrogens is 460 g/mol. The summed E-state index contributed by atoms with van der Waals surface area (Å²) in [6.07, 6.45) is 16.6. The van der Waals surface area contributed by atoms with Crippen LogP contribution < -0.4 is 0 Å². The Morgan fingerprint density at radius 1 is 0.886 bits per heavy atom. The second-order valence-electron chi connectivity index (χ2n) is 8.48. The molecule has 2 aromatic carbocycles. The molecule has 2 atom stereocenters. The molecule has 6 heteroatoms. The predicted octanol–water partition coefficient (Wildman–Crippen LogP) is 7.53. The summed E-state index contributed by atoms with van der Waals surface area (Å²) in [5, 5.41) is 29.4. The van der Waals surface area contributed by atoms with Gasteiger partial charge in [-0.3, -0.25) is 0 Å². The molecule has 188 valence electrons. The Bertz CT molecular complexity index is 998. The van der Waals surface area contributed by atoms with Crippen molar-refractivity contribution in [1.82, 2.24) is 0 Å². The molecule has 2 aromatic rings. The lowest BCUT2D eigenvalue weighted by Crippen LogP contribution is -2.14. The summed E-state index contributed by atoms with van der Waals surface area (Å²) in [5.74, 6) is -2.10. The van der Waals surface area contributed by atoms with Gasteiger partial charge in [0.1, 0.15) is 0 Å². The average Bonchev–Trinajstić information content (AvgIpc) is 2.86.